The number of hydrogen-bond donors (Lipinski definition) is 1. The van der Waals surface area contributed by atoms with Gasteiger partial charge >= 0.3 is 0 Å². The molecule has 1 unspecified atom stereocenters. The van der Waals surface area contributed by atoms with Crippen molar-refractivity contribution in [1.29, 1.82) is 0 Å². The molecule has 104 valence electrons. The lowest BCUT2D eigenvalue weighted by atomic mass is 10.2. The molecule has 2 aromatic carbocycles. The Morgan fingerprint density at radius 1 is 1.15 bits per heavy atom. The summed E-state index contributed by atoms with van der Waals surface area (Å²) in [5.74, 6) is -0.878. The lowest BCUT2D eigenvalue weighted by Gasteiger charge is -2.08. The number of benzene rings is 2. The Morgan fingerprint density at radius 2 is 1.80 bits per heavy atom. The number of amides is 1. The summed E-state index contributed by atoms with van der Waals surface area (Å²) in [5.41, 5.74) is 1.64. The highest BCUT2D eigenvalue weighted by atomic mass is 32.2. The van der Waals surface area contributed by atoms with Crippen molar-refractivity contribution in [2.75, 3.05) is 11.1 Å². The molecule has 3 nitrogen and oxygen atoms in total. The van der Waals surface area contributed by atoms with Gasteiger partial charge < -0.3 is 5.32 Å². The van der Waals surface area contributed by atoms with Gasteiger partial charge in [0.15, 0.2) is 0 Å². The van der Waals surface area contributed by atoms with Crippen LogP contribution in [0.1, 0.15) is 5.56 Å². The minimum absolute atomic E-state index is 0.153. The molecule has 0 saturated carbocycles. The first-order valence-electron chi connectivity index (χ1n) is 6.05. The van der Waals surface area contributed by atoms with Crippen LogP contribution in [0.3, 0.4) is 0 Å². The fraction of sp³-hybridized carbons (Fsp3) is 0.133. The minimum atomic E-state index is -1.48. The van der Waals surface area contributed by atoms with Gasteiger partial charge in [-0.2, -0.15) is 0 Å². The Balaban J connectivity index is 2.00. The molecule has 0 radical (unpaired) electrons. The van der Waals surface area contributed by atoms with Crippen molar-refractivity contribution in [2.24, 2.45) is 0 Å². The van der Waals surface area contributed by atoms with Gasteiger partial charge in [0.25, 0.3) is 0 Å². The van der Waals surface area contributed by atoms with Crippen LogP contribution < -0.4 is 5.32 Å². The molecule has 20 heavy (non-hydrogen) atoms. The Kier molecular flexibility index (Phi) is 4.63. The molecule has 0 spiro atoms. The molecule has 2 rings (SSSR count). The summed E-state index contributed by atoms with van der Waals surface area (Å²) in [7, 11) is -1.48. The Morgan fingerprint density at radius 3 is 2.45 bits per heavy atom. The maximum absolute atomic E-state index is 12.8. The average molecular weight is 291 g/mol. The molecule has 1 N–H and O–H groups in total. The smallest absolute Gasteiger partial charge is 0.237 e. The predicted molar refractivity (Wildman–Crippen MR) is 77.5 cm³/mol. The summed E-state index contributed by atoms with van der Waals surface area (Å²) in [4.78, 5) is 12.3. The number of carbonyl (C=O) groups is 1. The summed E-state index contributed by atoms with van der Waals surface area (Å²) < 4.78 is 24.7. The molecule has 0 aromatic heterocycles. The fourth-order valence-corrected chi connectivity index (χ4v) is 2.60. The highest BCUT2D eigenvalue weighted by Gasteiger charge is 2.11. The average Bonchev–Trinajstić information content (AvgIpc) is 2.42. The molecule has 0 heterocycles. The van der Waals surface area contributed by atoms with Crippen molar-refractivity contribution in [3.8, 4) is 0 Å². The van der Waals surface area contributed by atoms with E-state index < -0.39 is 16.6 Å². The highest BCUT2D eigenvalue weighted by Crippen LogP contribution is 2.14. The van der Waals surface area contributed by atoms with Gasteiger partial charge in [0.1, 0.15) is 11.6 Å². The van der Waals surface area contributed by atoms with Gasteiger partial charge in [-0.15, -0.1) is 0 Å². The lowest BCUT2D eigenvalue weighted by molar-refractivity contribution is -0.113. The number of carbonyl (C=O) groups excluding carboxylic acids is 1. The molecular weight excluding hydrogens is 277 g/mol. The van der Waals surface area contributed by atoms with E-state index in [0.717, 1.165) is 5.56 Å². The second kappa shape index (κ2) is 6.43. The maximum Gasteiger partial charge on any atom is 0.237 e. The van der Waals surface area contributed by atoms with E-state index in [0.29, 0.717) is 10.6 Å². The molecule has 5 heteroatoms. The van der Waals surface area contributed by atoms with Gasteiger partial charge in [-0.05, 0) is 42.8 Å². The van der Waals surface area contributed by atoms with E-state index in [2.05, 4.69) is 5.32 Å². The van der Waals surface area contributed by atoms with E-state index in [4.69, 9.17) is 0 Å². The van der Waals surface area contributed by atoms with Crippen molar-refractivity contribution in [3.05, 3.63) is 59.9 Å². The zero-order valence-electron chi connectivity index (χ0n) is 10.9. The van der Waals surface area contributed by atoms with E-state index >= 15 is 0 Å². The van der Waals surface area contributed by atoms with Crippen molar-refractivity contribution >= 4 is 22.4 Å². The van der Waals surface area contributed by atoms with Gasteiger partial charge in [-0.3, -0.25) is 9.00 Å². The van der Waals surface area contributed by atoms with Crippen LogP contribution in [0.25, 0.3) is 0 Å². The molecule has 0 aliphatic heterocycles. The number of anilines is 1. The molecule has 0 bridgehead atoms. The van der Waals surface area contributed by atoms with Crippen LogP contribution in [-0.4, -0.2) is 15.9 Å². The topological polar surface area (TPSA) is 46.2 Å². The molecule has 0 saturated heterocycles. The third-order valence-electron chi connectivity index (χ3n) is 2.76. The van der Waals surface area contributed by atoms with Crippen LogP contribution in [0.15, 0.2) is 53.4 Å². The molecule has 1 atom stereocenters. The van der Waals surface area contributed by atoms with Crippen molar-refractivity contribution in [1.82, 2.24) is 0 Å². The van der Waals surface area contributed by atoms with Crippen molar-refractivity contribution in [3.63, 3.8) is 0 Å². The third-order valence-corrected chi connectivity index (χ3v) is 4.08. The van der Waals surface area contributed by atoms with Crippen LogP contribution >= 0.6 is 0 Å². The number of hydrogen-bond acceptors (Lipinski definition) is 2. The predicted octanol–water partition coefficient (Wildman–Crippen LogP) is 2.88. The number of rotatable bonds is 4. The Hall–Kier alpha value is -2.01. The number of para-hydroxylation sites is 1. The zero-order chi connectivity index (χ0) is 14.5. The van der Waals surface area contributed by atoms with Gasteiger partial charge in [0.2, 0.25) is 5.91 Å². The van der Waals surface area contributed by atoms with Crippen molar-refractivity contribution < 1.29 is 13.4 Å². The second-order valence-electron chi connectivity index (χ2n) is 4.31. The van der Waals surface area contributed by atoms with E-state index in [9.17, 15) is 13.4 Å². The molecule has 2 aromatic rings. The molecular formula is C15H14FNO2S. The molecule has 1 amide bonds. The molecule has 0 aliphatic rings. The summed E-state index contributed by atoms with van der Waals surface area (Å²) in [6.45, 7) is 1.88. The number of halogens is 1. The summed E-state index contributed by atoms with van der Waals surface area (Å²) in [6, 6.07) is 12.7. The lowest BCUT2D eigenvalue weighted by Crippen LogP contribution is -2.20. The van der Waals surface area contributed by atoms with Crippen LogP contribution in [0, 0.1) is 12.7 Å². The van der Waals surface area contributed by atoms with Crippen LogP contribution in [0.2, 0.25) is 0 Å². The van der Waals surface area contributed by atoms with Gasteiger partial charge in [0.05, 0.1) is 10.8 Å². The fourth-order valence-electron chi connectivity index (χ4n) is 1.69. The van der Waals surface area contributed by atoms with Crippen LogP contribution in [0.4, 0.5) is 10.1 Å². The van der Waals surface area contributed by atoms with E-state index in [-0.39, 0.29) is 11.7 Å². The highest BCUT2D eigenvalue weighted by molar-refractivity contribution is 7.85. The summed E-state index contributed by atoms with van der Waals surface area (Å²) in [6.07, 6.45) is 0. The largest absolute Gasteiger partial charge is 0.325 e. The minimum Gasteiger partial charge on any atom is -0.325 e. The quantitative estimate of drug-likeness (QED) is 0.941. The Labute approximate surface area is 119 Å². The van der Waals surface area contributed by atoms with Crippen molar-refractivity contribution in [2.45, 2.75) is 11.8 Å². The zero-order valence-corrected chi connectivity index (χ0v) is 11.7. The summed E-state index contributed by atoms with van der Waals surface area (Å²) in [5, 5.41) is 2.72. The Bertz CT molecular complexity index is 641. The van der Waals surface area contributed by atoms with E-state index in [1.54, 1.807) is 6.07 Å². The van der Waals surface area contributed by atoms with Gasteiger partial charge in [-0.1, -0.05) is 18.2 Å². The van der Waals surface area contributed by atoms with Crippen LogP contribution in [-0.2, 0) is 15.6 Å². The van der Waals surface area contributed by atoms with Gasteiger partial charge in [-0.25, -0.2) is 4.39 Å². The molecule has 0 fully saturated rings. The third kappa shape index (κ3) is 3.74. The number of nitrogens with one attached hydrogen (secondary N) is 1. The first-order chi connectivity index (χ1) is 9.56. The second-order valence-corrected chi connectivity index (χ2v) is 5.76. The van der Waals surface area contributed by atoms with Crippen LogP contribution in [0.5, 0.6) is 0 Å². The SMILES string of the molecule is Cc1ccccc1NC(=O)CS(=O)c1ccc(F)cc1. The van der Waals surface area contributed by atoms with E-state index in [1.165, 1.54) is 24.3 Å². The van der Waals surface area contributed by atoms with Gasteiger partial charge in [0, 0.05) is 10.6 Å². The van der Waals surface area contributed by atoms with E-state index in [1.807, 2.05) is 25.1 Å². The first kappa shape index (κ1) is 14.4. The first-order valence-corrected chi connectivity index (χ1v) is 7.37. The summed E-state index contributed by atoms with van der Waals surface area (Å²) >= 11 is 0. The monoisotopic (exact) mass is 291 g/mol. The molecule has 0 aliphatic carbocycles. The normalized spacial score (nSPS) is 11.9. The maximum atomic E-state index is 12.8. The number of aryl methyl sites for hydroxylation is 1. The standard InChI is InChI=1S/C15H14FNO2S/c1-11-4-2-3-5-14(11)17-15(18)10-20(19)13-8-6-12(16)7-9-13/h2-9H,10H2,1H3,(H,17,18).